The average Bonchev–Trinajstić information content (AvgIpc) is 2.19. The minimum atomic E-state index is 0.268. The molecule has 0 radical (unpaired) electrons. The molecule has 0 aromatic rings. The Bertz CT molecular complexity index is 200. The summed E-state index contributed by atoms with van der Waals surface area (Å²) in [5.74, 6) is 1.72. The van der Waals surface area contributed by atoms with Gasteiger partial charge in [0.05, 0.1) is 5.75 Å². The lowest BCUT2D eigenvalue weighted by atomic mass is 10.3. The van der Waals surface area contributed by atoms with Gasteiger partial charge < -0.3 is 9.80 Å². The fourth-order valence-corrected chi connectivity index (χ4v) is 2.02. The number of hydrogen-bond donors (Lipinski definition) is 0. The zero-order chi connectivity index (χ0) is 10.4. The Kier molecular flexibility index (Phi) is 5.04. The summed E-state index contributed by atoms with van der Waals surface area (Å²) in [6.07, 6.45) is 1.84. The van der Waals surface area contributed by atoms with Crippen molar-refractivity contribution in [2.24, 2.45) is 0 Å². The van der Waals surface area contributed by atoms with Crippen molar-refractivity contribution in [1.29, 1.82) is 0 Å². The van der Waals surface area contributed by atoms with Gasteiger partial charge in [-0.15, -0.1) is 18.3 Å². The summed E-state index contributed by atoms with van der Waals surface area (Å²) in [7, 11) is 2.09. The lowest BCUT2D eigenvalue weighted by Crippen LogP contribution is -2.47. The molecule has 14 heavy (non-hydrogen) atoms. The van der Waals surface area contributed by atoms with E-state index in [2.05, 4.69) is 18.5 Å². The first-order valence-electron chi connectivity index (χ1n) is 4.89. The van der Waals surface area contributed by atoms with E-state index < -0.39 is 0 Å². The monoisotopic (exact) mass is 214 g/mol. The van der Waals surface area contributed by atoms with Crippen LogP contribution >= 0.6 is 11.8 Å². The smallest absolute Gasteiger partial charge is 0.232 e. The fourth-order valence-electron chi connectivity index (χ4n) is 1.38. The molecule has 0 bridgehead atoms. The van der Waals surface area contributed by atoms with Crippen LogP contribution in [0, 0.1) is 0 Å². The van der Waals surface area contributed by atoms with Crippen molar-refractivity contribution in [3.8, 4) is 0 Å². The molecule has 0 N–H and O–H groups in total. The molecule has 1 saturated heterocycles. The van der Waals surface area contributed by atoms with Crippen molar-refractivity contribution in [3.63, 3.8) is 0 Å². The van der Waals surface area contributed by atoms with Gasteiger partial charge in [0.15, 0.2) is 0 Å². The van der Waals surface area contributed by atoms with E-state index in [1.54, 1.807) is 11.8 Å². The Labute approximate surface area is 90.1 Å². The van der Waals surface area contributed by atoms with Gasteiger partial charge >= 0.3 is 0 Å². The summed E-state index contributed by atoms with van der Waals surface area (Å²) in [6, 6.07) is 0. The normalized spacial score (nSPS) is 18.2. The van der Waals surface area contributed by atoms with Gasteiger partial charge in [-0.3, -0.25) is 4.79 Å². The second-order valence-corrected chi connectivity index (χ2v) is 4.52. The first kappa shape index (κ1) is 11.6. The van der Waals surface area contributed by atoms with Crippen molar-refractivity contribution in [2.75, 3.05) is 44.7 Å². The predicted octanol–water partition coefficient (Wildman–Crippen LogP) is 0.680. The first-order valence-corrected chi connectivity index (χ1v) is 6.04. The Morgan fingerprint density at radius 1 is 1.43 bits per heavy atom. The number of thioether (sulfide) groups is 1. The average molecular weight is 214 g/mol. The molecule has 0 aromatic carbocycles. The van der Waals surface area contributed by atoms with Crippen LogP contribution in [-0.4, -0.2) is 60.4 Å². The standard InChI is InChI=1S/C10H18N2OS/c1-3-8-14-9-10(13)12-6-4-11(2)5-7-12/h3H,1,4-9H2,2H3. The number of piperazine rings is 1. The van der Waals surface area contributed by atoms with Crippen LogP contribution in [0.3, 0.4) is 0 Å². The van der Waals surface area contributed by atoms with Gasteiger partial charge in [0.25, 0.3) is 0 Å². The number of carbonyl (C=O) groups is 1. The van der Waals surface area contributed by atoms with E-state index >= 15 is 0 Å². The molecule has 1 amide bonds. The molecule has 80 valence electrons. The number of nitrogens with zero attached hydrogens (tertiary/aromatic N) is 2. The second-order valence-electron chi connectivity index (χ2n) is 3.49. The summed E-state index contributed by atoms with van der Waals surface area (Å²) >= 11 is 1.63. The minimum Gasteiger partial charge on any atom is -0.339 e. The van der Waals surface area contributed by atoms with Gasteiger partial charge in [-0.1, -0.05) is 6.08 Å². The summed E-state index contributed by atoms with van der Waals surface area (Å²) in [6.45, 7) is 7.38. The molecule has 1 heterocycles. The van der Waals surface area contributed by atoms with E-state index in [9.17, 15) is 4.79 Å². The van der Waals surface area contributed by atoms with Crippen molar-refractivity contribution in [1.82, 2.24) is 9.80 Å². The van der Waals surface area contributed by atoms with Gasteiger partial charge in [-0.25, -0.2) is 0 Å². The van der Waals surface area contributed by atoms with Crippen LogP contribution in [0.25, 0.3) is 0 Å². The largest absolute Gasteiger partial charge is 0.339 e. The van der Waals surface area contributed by atoms with Crippen LogP contribution in [0.4, 0.5) is 0 Å². The Morgan fingerprint density at radius 2 is 2.07 bits per heavy atom. The molecular formula is C10H18N2OS. The SMILES string of the molecule is C=CCSCC(=O)N1CCN(C)CC1. The molecule has 0 saturated carbocycles. The molecule has 1 aliphatic heterocycles. The highest BCUT2D eigenvalue weighted by molar-refractivity contribution is 8.00. The zero-order valence-corrected chi connectivity index (χ0v) is 9.55. The van der Waals surface area contributed by atoms with Crippen LogP contribution in [0.15, 0.2) is 12.7 Å². The Balaban J connectivity index is 2.20. The number of carbonyl (C=O) groups excluding carboxylic acids is 1. The third-order valence-electron chi connectivity index (χ3n) is 2.32. The van der Waals surface area contributed by atoms with E-state index in [4.69, 9.17) is 0 Å². The van der Waals surface area contributed by atoms with Crippen LogP contribution in [-0.2, 0) is 4.79 Å². The lowest BCUT2D eigenvalue weighted by molar-refractivity contribution is -0.129. The van der Waals surface area contributed by atoms with Gasteiger partial charge in [0.1, 0.15) is 0 Å². The number of hydrogen-bond acceptors (Lipinski definition) is 3. The van der Waals surface area contributed by atoms with E-state index in [-0.39, 0.29) is 5.91 Å². The molecule has 0 spiro atoms. The number of rotatable bonds is 4. The van der Waals surface area contributed by atoms with Crippen LogP contribution in [0.2, 0.25) is 0 Å². The molecule has 0 unspecified atom stereocenters. The van der Waals surface area contributed by atoms with Crippen molar-refractivity contribution >= 4 is 17.7 Å². The second kappa shape index (κ2) is 6.09. The van der Waals surface area contributed by atoms with E-state index in [0.717, 1.165) is 31.9 Å². The molecule has 1 fully saturated rings. The molecule has 1 rings (SSSR count). The number of amides is 1. The molecule has 0 aromatic heterocycles. The summed E-state index contributed by atoms with van der Waals surface area (Å²) < 4.78 is 0. The molecule has 3 nitrogen and oxygen atoms in total. The van der Waals surface area contributed by atoms with Crippen molar-refractivity contribution < 1.29 is 4.79 Å². The third-order valence-corrected chi connectivity index (χ3v) is 3.24. The van der Waals surface area contributed by atoms with Gasteiger partial charge in [-0.05, 0) is 7.05 Å². The highest BCUT2D eigenvalue weighted by Gasteiger charge is 2.18. The Hall–Kier alpha value is -0.480. The van der Waals surface area contributed by atoms with Gasteiger partial charge in [0, 0.05) is 31.9 Å². The van der Waals surface area contributed by atoms with Crippen LogP contribution in [0.5, 0.6) is 0 Å². The molecular weight excluding hydrogens is 196 g/mol. The Morgan fingerprint density at radius 3 is 2.64 bits per heavy atom. The molecule has 1 aliphatic rings. The topological polar surface area (TPSA) is 23.6 Å². The summed E-state index contributed by atoms with van der Waals surface area (Å²) in [4.78, 5) is 15.8. The summed E-state index contributed by atoms with van der Waals surface area (Å²) in [5.41, 5.74) is 0. The van der Waals surface area contributed by atoms with Crippen LogP contribution < -0.4 is 0 Å². The summed E-state index contributed by atoms with van der Waals surface area (Å²) in [5, 5.41) is 0. The van der Waals surface area contributed by atoms with E-state index in [1.165, 1.54) is 0 Å². The highest BCUT2D eigenvalue weighted by Crippen LogP contribution is 2.05. The first-order chi connectivity index (χ1) is 6.74. The quantitative estimate of drug-likeness (QED) is 0.508. The van der Waals surface area contributed by atoms with E-state index in [1.807, 2.05) is 11.0 Å². The van der Waals surface area contributed by atoms with E-state index in [0.29, 0.717) is 5.75 Å². The van der Waals surface area contributed by atoms with Gasteiger partial charge in [-0.2, -0.15) is 0 Å². The minimum absolute atomic E-state index is 0.268. The maximum absolute atomic E-state index is 11.6. The van der Waals surface area contributed by atoms with Crippen molar-refractivity contribution in [2.45, 2.75) is 0 Å². The molecule has 0 atom stereocenters. The maximum Gasteiger partial charge on any atom is 0.232 e. The maximum atomic E-state index is 11.6. The zero-order valence-electron chi connectivity index (χ0n) is 8.74. The molecule has 0 aliphatic carbocycles. The van der Waals surface area contributed by atoms with Crippen LogP contribution in [0.1, 0.15) is 0 Å². The number of likely N-dealkylation sites (N-methyl/N-ethyl adjacent to an activating group) is 1. The lowest BCUT2D eigenvalue weighted by Gasteiger charge is -2.32. The molecule has 4 heteroatoms. The van der Waals surface area contributed by atoms with Crippen molar-refractivity contribution in [3.05, 3.63) is 12.7 Å². The fraction of sp³-hybridized carbons (Fsp3) is 0.700. The third kappa shape index (κ3) is 3.72. The highest BCUT2D eigenvalue weighted by atomic mass is 32.2. The van der Waals surface area contributed by atoms with Gasteiger partial charge in [0.2, 0.25) is 5.91 Å². The predicted molar refractivity (Wildman–Crippen MR) is 61.6 cm³/mol.